The van der Waals surface area contributed by atoms with E-state index in [0.29, 0.717) is 12.4 Å². The van der Waals surface area contributed by atoms with E-state index in [0.717, 1.165) is 22.3 Å². The fourth-order valence-corrected chi connectivity index (χ4v) is 1.62. The highest BCUT2D eigenvalue weighted by Gasteiger charge is 2.08. The van der Waals surface area contributed by atoms with Gasteiger partial charge in [-0.2, -0.15) is 0 Å². The van der Waals surface area contributed by atoms with Gasteiger partial charge in [-0.1, -0.05) is 0 Å². The second-order valence-corrected chi connectivity index (χ2v) is 3.41. The molecule has 4 nitrogen and oxygen atoms in total. The SMILES string of the molecule is CCOc1cc2c(C)ncnc2cc1OC. The Morgan fingerprint density at radius 3 is 2.69 bits per heavy atom. The van der Waals surface area contributed by atoms with Crippen LogP contribution >= 0.6 is 0 Å². The molecule has 0 fully saturated rings. The zero-order valence-electron chi connectivity index (χ0n) is 9.65. The van der Waals surface area contributed by atoms with Gasteiger partial charge < -0.3 is 9.47 Å². The zero-order valence-corrected chi connectivity index (χ0v) is 9.65. The number of hydrogen-bond donors (Lipinski definition) is 0. The quantitative estimate of drug-likeness (QED) is 0.793. The van der Waals surface area contributed by atoms with Gasteiger partial charge in [0, 0.05) is 17.1 Å². The Morgan fingerprint density at radius 1 is 1.19 bits per heavy atom. The highest BCUT2D eigenvalue weighted by atomic mass is 16.5. The average Bonchev–Trinajstić information content (AvgIpc) is 2.30. The summed E-state index contributed by atoms with van der Waals surface area (Å²) in [4.78, 5) is 8.36. The number of hydrogen-bond acceptors (Lipinski definition) is 4. The van der Waals surface area contributed by atoms with Gasteiger partial charge in [0.05, 0.1) is 19.2 Å². The van der Waals surface area contributed by atoms with Crippen molar-refractivity contribution in [2.24, 2.45) is 0 Å². The summed E-state index contributed by atoms with van der Waals surface area (Å²) in [7, 11) is 1.62. The molecule has 0 saturated carbocycles. The first-order chi connectivity index (χ1) is 7.76. The molecule has 1 heterocycles. The van der Waals surface area contributed by atoms with Gasteiger partial charge in [0.1, 0.15) is 6.33 Å². The van der Waals surface area contributed by atoms with Crippen molar-refractivity contribution in [1.82, 2.24) is 9.97 Å². The molecule has 0 aliphatic rings. The molecule has 0 spiro atoms. The first kappa shape index (κ1) is 10.7. The summed E-state index contributed by atoms with van der Waals surface area (Å²) in [5.74, 6) is 1.43. The topological polar surface area (TPSA) is 44.2 Å². The van der Waals surface area contributed by atoms with Crippen molar-refractivity contribution in [3.8, 4) is 11.5 Å². The van der Waals surface area contributed by atoms with E-state index < -0.39 is 0 Å². The van der Waals surface area contributed by atoms with Gasteiger partial charge in [-0.05, 0) is 19.9 Å². The Labute approximate surface area is 94.2 Å². The van der Waals surface area contributed by atoms with E-state index >= 15 is 0 Å². The van der Waals surface area contributed by atoms with Crippen molar-refractivity contribution in [2.45, 2.75) is 13.8 Å². The maximum absolute atomic E-state index is 5.51. The third-order valence-electron chi connectivity index (χ3n) is 2.42. The highest BCUT2D eigenvalue weighted by molar-refractivity contribution is 5.84. The fraction of sp³-hybridized carbons (Fsp3) is 0.333. The lowest BCUT2D eigenvalue weighted by Gasteiger charge is -2.10. The number of ether oxygens (including phenoxy) is 2. The summed E-state index contributed by atoms with van der Waals surface area (Å²) < 4.78 is 10.8. The first-order valence-corrected chi connectivity index (χ1v) is 5.18. The van der Waals surface area contributed by atoms with Crippen molar-refractivity contribution >= 4 is 10.9 Å². The Balaban J connectivity index is 2.65. The van der Waals surface area contributed by atoms with Crippen LogP contribution < -0.4 is 9.47 Å². The monoisotopic (exact) mass is 218 g/mol. The maximum atomic E-state index is 5.51. The molecule has 2 aromatic rings. The average molecular weight is 218 g/mol. The number of fused-ring (bicyclic) bond motifs is 1. The molecule has 0 aliphatic carbocycles. The number of aromatic nitrogens is 2. The zero-order chi connectivity index (χ0) is 11.5. The second kappa shape index (κ2) is 4.35. The third kappa shape index (κ3) is 1.78. The normalized spacial score (nSPS) is 10.4. The smallest absolute Gasteiger partial charge is 0.162 e. The Kier molecular flexibility index (Phi) is 2.90. The summed E-state index contributed by atoms with van der Waals surface area (Å²) >= 11 is 0. The summed E-state index contributed by atoms with van der Waals surface area (Å²) in [6, 6.07) is 3.79. The summed E-state index contributed by atoms with van der Waals surface area (Å²) in [6.45, 7) is 4.50. The van der Waals surface area contributed by atoms with Gasteiger partial charge in [-0.3, -0.25) is 0 Å². The minimum atomic E-state index is 0.606. The number of methoxy groups -OCH3 is 1. The number of nitrogens with zero attached hydrogens (tertiary/aromatic N) is 2. The number of benzene rings is 1. The molecule has 0 unspecified atom stereocenters. The minimum absolute atomic E-state index is 0.606. The van der Waals surface area contributed by atoms with Crippen LogP contribution in [0, 0.1) is 6.92 Å². The fourth-order valence-electron chi connectivity index (χ4n) is 1.62. The van der Waals surface area contributed by atoms with E-state index in [1.165, 1.54) is 0 Å². The molecule has 1 aromatic carbocycles. The van der Waals surface area contributed by atoms with Crippen LogP contribution in [0.1, 0.15) is 12.6 Å². The molecule has 4 heteroatoms. The van der Waals surface area contributed by atoms with Crippen LogP contribution in [-0.2, 0) is 0 Å². The van der Waals surface area contributed by atoms with Gasteiger partial charge in [0.25, 0.3) is 0 Å². The van der Waals surface area contributed by atoms with Crippen molar-refractivity contribution < 1.29 is 9.47 Å². The first-order valence-electron chi connectivity index (χ1n) is 5.18. The summed E-state index contributed by atoms with van der Waals surface area (Å²) in [6.07, 6.45) is 1.55. The van der Waals surface area contributed by atoms with Crippen LogP contribution in [0.5, 0.6) is 11.5 Å². The van der Waals surface area contributed by atoms with E-state index in [2.05, 4.69) is 9.97 Å². The predicted molar refractivity (Wildman–Crippen MR) is 62.0 cm³/mol. The van der Waals surface area contributed by atoms with Crippen molar-refractivity contribution in [1.29, 1.82) is 0 Å². The molecule has 0 aliphatic heterocycles. The van der Waals surface area contributed by atoms with Crippen LogP contribution in [0.25, 0.3) is 10.9 Å². The van der Waals surface area contributed by atoms with Gasteiger partial charge in [-0.15, -0.1) is 0 Å². The molecule has 0 saturated heterocycles. The molecular weight excluding hydrogens is 204 g/mol. The van der Waals surface area contributed by atoms with Crippen LogP contribution in [0.15, 0.2) is 18.5 Å². The molecule has 0 N–H and O–H groups in total. The van der Waals surface area contributed by atoms with E-state index in [4.69, 9.17) is 9.47 Å². The van der Waals surface area contributed by atoms with Crippen molar-refractivity contribution in [2.75, 3.05) is 13.7 Å². The lowest BCUT2D eigenvalue weighted by Crippen LogP contribution is -1.97. The van der Waals surface area contributed by atoms with Gasteiger partial charge in [0.15, 0.2) is 11.5 Å². The van der Waals surface area contributed by atoms with E-state index in [-0.39, 0.29) is 0 Å². The lowest BCUT2D eigenvalue weighted by molar-refractivity contribution is 0.311. The van der Waals surface area contributed by atoms with Crippen molar-refractivity contribution in [3.05, 3.63) is 24.2 Å². The molecule has 0 atom stereocenters. The van der Waals surface area contributed by atoms with Crippen LogP contribution in [0.4, 0.5) is 0 Å². The van der Waals surface area contributed by atoms with Gasteiger partial charge >= 0.3 is 0 Å². The van der Waals surface area contributed by atoms with E-state index in [9.17, 15) is 0 Å². The molecule has 16 heavy (non-hydrogen) atoms. The molecule has 0 radical (unpaired) electrons. The Hall–Kier alpha value is -1.84. The molecule has 2 rings (SSSR count). The number of aryl methyl sites for hydroxylation is 1. The standard InChI is InChI=1S/C12H14N2O2/c1-4-16-12-5-9-8(2)13-7-14-10(9)6-11(12)15-3/h5-7H,4H2,1-3H3. The van der Waals surface area contributed by atoms with Gasteiger partial charge in [-0.25, -0.2) is 9.97 Å². The van der Waals surface area contributed by atoms with E-state index in [1.807, 2.05) is 26.0 Å². The molecule has 0 amide bonds. The molecule has 0 bridgehead atoms. The lowest BCUT2D eigenvalue weighted by atomic mass is 10.2. The predicted octanol–water partition coefficient (Wildman–Crippen LogP) is 2.35. The van der Waals surface area contributed by atoms with Crippen LogP contribution in [0.2, 0.25) is 0 Å². The third-order valence-corrected chi connectivity index (χ3v) is 2.42. The minimum Gasteiger partial charge on any atom is -0.493 e. The maximum Gasteiger partial charge on any atom is 0.162 e. The summed E-state index contributed by atoms with van der Waals surface area (Å²) in [5.41, 5.74) is 1.81. The molecule has 1 aromatic heterocycles. The van der Waals surface area contributed by atoms with Gasteiger partial charge in [0.2, 0.25) is 0 Å². The summed E-state index contributed by atoms with van der Waals surface area (Å²) in [5, 5.41) is 0.992. The van der Waals surface area contributed by atoms with Crippen molar-refractivity contribution in [3.63, 3.8) is 0 Å². The van der Waals surface area contributed by atoms with Crippen LogP contribution in [-0.4, -0.2) is 23.7 Å². The highest BCUT2D eigenvalue weighted by Crippen LogP contribution is 2.32. The second-order valence-electron chi connectivity index (χ2n) is 3.41. The molecular formula is C12H14N2O2. The van der Waals surface area contributed by atoms with Crippen LogP contribution in [0.3, 0.4) is 0 Å². The molecule has 84 valence electrons. The Bertz CT molecular complexity index is 512. The Morgan fingerprint density at radius 2 is 2.00 bits per heavy atom. The number of rotatable bonds is 3. The largest absolute Gasteiger partial charge is 0.493 e. The van der Waals surface area contributed by atoms with E-state index in [1.54, 1.807) is 13.4 Å².